The van der Waals surface area contributed by atoms with Gasteiger partial charge in [0.25, 0.3) is 0 Å². The number of phenols is 1. The second kappa shape index (κ2) is 7.52. The zero-order chi connectivity index (χ0) is 11.4. The molecule has 0 radical (unpaired) electrons. The second-order valence-electron chi connectivity index (χ2n) is 4.04. The molecule has 1 aromatic carbocycles. The quantitative estimate of drug-likeness (QED) is 0.859. The van der Waals surface area contributed by atoms with Crippen LogP contribution in [-0.4, -0.2) is 23.4 Å². The van der Waals surface area contributed by atoms with E-state index in [1.807, 2.05) is 17.8 Å². The molecule has 2 nitrogen and oxygen atoms in total. The highest BCUT2D eigenvalue weighted by molar-refractivity contribution is 8.93. The molecular formula is C12H17BrClNOS. The Morgan fingerprint density at radius 1 is 1.29 bits per heavy atom. The highest BCUT2D eigenvalue weighted by Crippen LogP contribution is 2.35. The first-order valence-corrected chi connectivity index (χ1v) is 6.87. The van der Waals surface area contributed by atoms with Crippen molar-refractivity contribution < 1.29 is 5.11 Å². The molecule has 1 aliphatic rings. The van der Waals surface area contributed by atoms with Gasteiger partial charge in [0.1, 0.15) is 5.75 Å². The largest absolute Gasteiger partial charge is 0.508 e. The lowest BCUT2D eigenvalue weighted by Gasteiger charge is -2.14. The number of hydrogen-bond donors (Lipinski definition) is 2. The number of aromatic hydroxyl groups is 1. The van der Waals surface area contributed by atoms with Gasteiger partial charge < -0.3 is 10.4 Å². The minimum atomic E-state index is 0. The highest BCUT2D eigenvalue weighted by atomic mass is 79.9. The van der Waals surface area contributed by atoms with Gasteiger partial charge in [0.05, 0.1) is 5.02 Å². The molecule has 1 aromatic rings. The Labute approximate surface area is 122 Å². The smallest absolute Gasteiger partial charge is 0.117 e. The number of hydrogen-bond acceptors (Lipinski definition) is 3. The molecular weight excluding hydrogens is 322 g/mol. The van der Waals surface area contributed by atoms with Crippen molar-refractivity contribution in [3.63, 3.8) is 0 Å². The molecule has 96 valence electrons. The second-order valence-corrected chi connectivity index (χ2v) is 5.78. The van der Waals surface area contributed by atoms with Crippen LogP contribution < -0.4 is 5.32 Å². The van der Waals surface area contributed by atoms with E-state index in [9.17, 15) is 5.11 Å². The third kappa shape index (κ3) is 4.70. The zero-order valence-corrected chi connectivity index (χ0v) is 12.8. The molecule has 0 saturated carbocycles. The topological polar surface area (TPSA) is 32.3 Å². The van der Waals surface area contributed by atoms with Gasteiger partial charge in [0.15, 0.2) is 0 Å². The molecule has 1 fully saturated rings. The average Bonchev–Trinajstić information content (AvgIpc) is 2.51. The van der Waals surface area contributed by atoms with Crippen LogP contribution in [0.1, 0.15) is 19.3 Å². The Morgan fingerprint density at radius 2 is 2.12 bits per heavy atom. The Bertz CT molecular complexity index is 356. The lowest BCUT2D eigenvalue weighted by molar-refractivity contribution is 0.475. The van der Waals surface area contributed by atoms with E-state index in [1.165, 1.54) is 19.3 Å². The van der Waals surface area contributed by atoms with Crippen LogP contribution in [0.3, 0.4) is 0 Å². The molecule has 17 heavy (non-hydrogen) atoms. The van der Waals surface area contributed by atoms with Gasteiger partial charge in [-0.1, -0.05) is 11.6 Å². The third-order valence-corrected chi connectivity index (χ3v) is 4.57. The van der Waals surface area contributed by atoms with E-state index < -0.39 is 0 Å². The Balaban J connectivity index is 0.00000144. The summed E-state index contributed by atoms with van der Waals surface area (Å²) in [6.07, 6.45) is 3.64. The number of benzene rings is 1. The van der Waals surface area contributed by atoms with Crippen molar-refractivity contribution in [2.75, 3.05) is 13.1 Å². The summed E-state index contributed by atoms with van der Waals surface area (Å²) in [6.45, 7) is 2.22. The first-order chi connectivity index (χ1) is 7.75. The standard InChI is InChI=1S/C12H16ClNOS.BrH/c13-11-8-9(15)3-4-12(11)16-10-2-1-6-14-7-5-10;/h3-4,8,10,14-15H,1-2,5-7H2;1H. The Morgan fingerprint density at radius 3 is 2.88 bits per heavy atom. The lowest BCUT2D eigenvalue weighted by atomic mass is 10.2. The third-order valence-electron chi connectivity index (χ3n) is 2.73. The van der Waals surface area contributed by atoms with Crippen molar-refractivity contribution in [2.24, 2.45) is 0 Å². The van der Waals surface area contributed by atoms with Crippen LogP contribution in [0.5, 0.6) is 5.75 Å². The molecule has 1 saturated heterocycles. The maximum absolute atomic E-state index is 9.28. The molecule has 1 heterocycles. The predicted molar refractivity (Wildman–Crippen MR) is 79.8 cm³/mol. The van der Waals surface area contributed by atoms with Gasteiger partial charge in [0, 0.05) is 10.1 Å². The first-order valence-electron chi connectivity index (χ1n) is 5.61. The van der Waals surface area contributed by atoms with E-state index in [0.29, 0.717) is 10.3 Å². The van der Waals surface area contributed by atoms with Gasteiger partial charge in [0.2, 0.25) is 0 Å². The molecule has 1 unspecified atom stereocenters. The average molecular weight is 339 g/mol. The van der Waals surface area contributed by atoms with E-state index >= 15 is 0 Å². The highest BCUT2D eigenvalue weighted by Gasteiger charge is 2.14. The van der Waals surface area contributed by atoms with Gasteiger partial charge in [-0.3, -0.25) is 0 Å². The monoisotopic (exact) mass is 337 g/mol. The molecule has 0 bridgehead atoms. The summed E-state index contributed by atoms with van der Waals surface area (Å²) in [7, 11) is 0. The molecule has 1 atom stereocenters. The van der Waals surface area contributed by atoms with Crippen LogP contribution in [0.2, 0.25) is 5.02 Å². The van der Waals surface area contributed by atoms with Crippen LogP contribution in [0, 0.1) is 0 Å². The maximum atomic E-state index is 9.28. The summed E-state index contributed by atoms with van der Waals surface area (Å²) in [5.74, 6) is 0.233. The van der Waals surface area contributed by atoms with Crippen LogP contribution >= 0.6 is 40.3 Å². The molecule has 0 aliphatic carbocycles. The van der Waals surface area contributed by atoms with Crippen LogP contribution in [0.4, 0.5) is 0 Å². The van der Waals surface area contributed by atoms with Gasteiger partial charge in [-0.15, -0.1) is 28.7 Å². The van der Waals surface area contributed by atoms with E-state index in [4.69, 9.17) is 11.6 Å². The molecule has 0 spiro atoms. The van der Waals surface area contributed by atoms with Gasteiger partial charge >= 0.3 is 0 Å². The Hall–Kier alpha value is 0.1000. The first kappa shape index (κ1) is 15.2. The van der Waals surface area contributed by atoms with Crippen LogP contribution in [0.25, 0.3) is 0 Å². The van der Waals surface area contributed by atoms with Crippen LogP contribution in [-0.2, 0) is 0 Å². The minimum absolute atomic E-state index is 0. The number of thioether (sulfide) groups is 1. The molecule has 0 aromatic heterocycles. The summed E-state index contributed by atoms with van der Waals surface area (Å²) >= 11 is 7.92. The van der Waals surface area contributed by atoms with Crippen molar-refractivity contribution >= 4 is 40.3 Å². The molecule has 0 amide bonds. The molecule has 2 N–H and O–H groups in total. The van der Waals surface area contributed by atoms with Crippen molar-refractivity contribution in [1.29, 1.82) is 0 Å². The maximum Gasteiger partial charge on any atom is 0.117 e. The van der Waals surface area contributed by atoms with Crippen molar-refractivity contribution in [2.45, 2.75) is 29.4 Å². The van der Waals surface area contributed by atoms with Crippen molar-refractivity contribution in [3.8, 4) is 5.75 Å². The predicted octanol–water partition coefficient (Wildman–Crippen LogP) is 3.86. The van der Waals surface area contributed by atoms with Gasteiger partial charge in [-0.2, -0.15) is 0 Å². The SMILES string of the molecule is Br.Oc1ccc(SC2CCCNCC2)c(Cl)c1. The summed E-state index contributed by atoms with van der Waals surface area (Å²) in [5, 5.41) is 14.0. The fourth-order valence-electron chi connectivity index (χ4n) is 1.87. The summed E-state index contributed by atoms with van der Waals surface area (Å²) in [6, 6.07) is 5.21. The van der Waals surface area contributed by atoms with Crippen molar-refractivity contribution in [3.05, 3.63) is 23.2 Å². The molecule has 2 rings (SSSR count). The summed E-state index contributed by atoms with van der Waals surface area (Å²) < 4.78 is 0. The normalized spacial score (nSPS) is 20.4. The molecule has 1 aliphatic heterocycles. The zero-order valence-electron chi connectivity index (χ0n) is 9.49. The fourth-order valence-corrected chi connectivity index (χ4v) is 3.38. The Kier molecular flexibility index (Phi) is 6.70. The van der Waals surface area contributed by atoms with Gasteiger partial charge in [-0.05, 0) is 50.6 Å². The minimum Gasteiger partial charge on any atom is -0.508 e. The number of rotatable bonds is 2. The summed E-state index contributed by atoms with van der Waals surface area (Å²) in [4.78, 5) is 1.08. The molecule has 5 heteroatoms. The van der Waals surface area contributed by atoms with E-state index in [1.54, 1.807) is 12.1 Å². The lowest BCUT2D eigenvalue weighted by Crippen LogP contribution is -2.14. The van der Waals surface area contributed by atoms with E-state index in [2.05, 4.69) is 5.32 Å². The van der Waals surface area contributed by atoms with Crippen LogP contribution in [0.15, 0.2) is 23.1 Å². The van der Waals surface area contributed by atoms with Gasteiger partial charge in [-0.25, -0.2) is 0 Å². The number of halogens is 2. The van der Waals surface area contributed by atoms with E-state index in [-0.39, 0.29) is 22.7 Å². The van der Waals surface area contributed by atoms with E-state index in [0.717, 1.165) is 18.0 Å². The fraction of sp³-hybridized carbons (Fsp3) is 0.500. The summed E-state index contributed by atoms with van der Waals surface area (Å²) in [5.41, 5.74) is 0. The number of nitrogens with one attached hydrogen (secondary N) is 1. The van der Waals surface area contributed by atoms with Crippen molar-refractivity contribution in [1.82, 2.24) is 5.32 Å². The number of phenolic OH excluding ortho intramolecular Hbond substituents is 1.